The topological polar surface area (TPSA) is 53.9 Å². The van der Waals surface area contributed by atoms with E-state index >= 15 is 0 Å². The molecule has 2 aromatic heterocycles. The van der Waals surface area contributed by atoms with Crippen LogP contribution in [0.2, 0.25) is 0 Å². The Morgan fingerprint density at radius 2 is 2.28 bits per heavy atom. The van der Waals surface area contributed by atoms with Crippen molar-refractivity contribution < 1.29 is 4.42 Å². The molecule has 1 atom stereocenters. The maximum atomic E-state index is 5.57. The van der Waals surface area contributed by atoms with Crippen molar-refractivity contribution in [2.24, 2.45) is 0 Å². The molecule has 0 radical (unpaired) electrons. The molecule has 98 valence electrons. The molecule has 1 fully saturated rings. The van der Waals surface area contributed by atoms with Crippen LogP contribution in [0, 0.1) is 6.92 Å². The van der Waals surface area contributed by atoms with Crippen LogP contribution < -0.4 is 5.32 Å². The summed E-state index contributed by atoms with van der Waals surface area (Å²) in [7, 11) is 0. The zero-order valence-electron chi connectivity index (χ0n) is 10.4. The third-order valence-electron chi connectivity index (χ3n) is 3.33. The average molecular weight is 268 g/mol. The van der Waals surface area contributed by atoms with Gasteiger partial charge < -0.3 is 9.73 Å². The molecule has 1 aliphatic rings. The second-order valence-corrected chi connectivity index (χ2v) is 4.66. The predicted molar refractivity (Wildman–Crippen MR) is 73.1 cm³/mol. The highest BCUT2D eigenvalue weighted by Gasteiger charge is 2.18. The van der Waals surface area contributed by atoms with E-state index < -0.39 is 0 Å². The number of halogens is 1. The van der Waals surface area contributed by atoms with Gasteiger partial charge in [0, 0.05) is 18.2 Å². The minimum absolute atomic E-state index is 0. The number of aromatic nitrogens is 2. The summed E-state index contributed by atoms with van der Waals surface area (Å²) >= 11 is 0. The first-order valence-corrected chi connectivity index (χ1v) is 6.16. The van der Waals surface area contributed by atoms with Crippen molar-refractivity contribution in [3.05, 3.63) is 29.7 Å². The number of piperidine rings is 1. The van der Waals surface area contributed by atoms with E-state index in [4.69, 9.17) is 4.42 Å². The first kappa shape index (κ1) is 13.2. The Balaban J connectivity index is 0.00000120. The molecule has 18 heavy (non-hydrogen) atoms. The van der Waals surface area contributed by atoms with E-state index in [1.807, 2.05) is 19.1 Å². The fourth-order valence-electron chi connectivity index (χ4n) is 2.36. The first-order valence-electron chi connectivity index (χ1n) is 6.16. The van der Waals surface area contributed by atoms with Crippen LogP contribution in [-0.4, -0.2) is 23.3 Å². The number of furan rings is 1. The van der Waals surface area contributed by atoms with E-state index in [1.54, 1.807) is 0 Å². The molecule has 1 saturated heterocycles. The van der Waals surface area contributed by atoms with E-state index in [0.717, 1.165) is 30.3 Å². The fraction of sp³-hybridized carbons (Fsp3) is 0.462. The van der Waals surface area contributed by atoms with Gasteiger partial charge in [-0.05, 0) is 44.5 Å². The van der Waals surface area contributed by atoms with Crippen LogP contribution in [0.15, 0.2) is 22.6 Å². The smallest absolute Gasteiger partial charge is 0.154 e. The van der Waals surface area contributed by atoms with Gasteiger partial charge in [0.05, 0.1) is 0 Å². The van der Waals surface area contributed by atoms with Crippen LogP contribution in [-0.2, 0) is 0 Å². The van der Waals surface area contributed by atoms with Gasteiger partial charge in [0.25, 0.3) is 0 Å². The highest BCUT2D eigenvalue weighted by Crippen LogP contribution is 2.26. The molecule has 0 aliphatic carbocycles. The molecule has 0 unspecified atom stereocenters. The third-order valence-corrected chi connectivity index (χ3v) is 3.33. The molecule has 2 aromatic rings. The van der Waals surface area contributed by atoms with E-state index in [2.05, 4.69) is 21.6 Å². The lowest BCUT2D eigenvalue weighted by Gasteiger charge is -2.21. The number of aryl methyl sites for hydroxylation is 1. The molecule has 4 nitrogen and oxygen atoms in total. The number of rotatable bonds is 2. The number of aromatic amines is 1. The molecule has 3 heterocycles. The predicted octanol–water partition coefficient (Wildman–Crippen LogP) is 2.87. The molecule has 5 heteroatoms. The summed E-state index contributed by atoms with van der Waals surface area (Å²) in [5, 5.41) is 10.9. The Morgan fingerprint density at radius 3 is 2.94 bits per heavy atom. The Bertz CT molecular complexity index is 500. The van der Waals surface area contributed by atoms with E-state index in [-0.39, 0.29) is 12.4 Å². The van der Waals surface area contributed by atoms with Gasteiger partial charge in [-0.1, -0.05) is 0 Å². The summed E-state index contributed by atoms with van der Waals surface area (Å²) in [4.78, 5) is 0. The van der Waals surface area contributed by atoms with E-state index in [9.17, 15) is 0 Å². The zero-order chi connectivity index (χ0) is 11.7. The number of nitrogens with zero attached hydrogens (tertiary/aromatic N) is 1. The van der Waals surface area contributed by atoms with Crippen molar-refractivity contribution >= 4 is 12.4 Å². The summed E-state index contributed by atoms with van der Waals surface area (Å²) in [6, 6.07) is 6.04. The second kappa shape index (κ2) is 5.59. The van der Waals surface area contributed by atoms with Crippen LogP contribution in [0.25, 0.3) is 11.5 Å². The van der Waals surface area contributed by atoms with Crippen LogP contribution in [0.3, 0.4) is 0 Å². The average Bonchev–Trinajstić information content (AvgIpc) is 2.98. The van der Waals surface area contributed by atoms with E-state index in [0.29, 0.717) is 5.92 Å². The highest BCUT2D eigenvalue weighted by molar-refractivity contribution is 5.85. The summed E-state index contributed by atoms with van der Waals surface area (Å²) in [6.45, 7) is 4.12. The van der Waals surface area contributed by atoms with Gasteiger partial charge in [-0.25, -0.2) is 0 Å². The molecule has 3 rings (SSSR count). The lowest BCUT2D eigenvalue weighted by Crippen LogP contribution is -2.28. The third kappa shape index (κ3) is 2.60. The van der Waals surface area contributed by atoms with Crippen molar-refractivity contribution in [1.82, 2.24) is 15.5 Å². The maximum absolute atomic E-state index is 5.57. The molecule has 1 aliphatic heterocycles. The standard InChI is InChI=1S/C13H17N3O.ClH/c1-9-4-5-13(17-9)12-7-11(15-16-12)10-3-2-6-14-8-10;/h4-5,7,10,14H,2-3,6,8H2,1H3,(H,15,16);1H/t10-;/m0./s1. The monoisotopic (exact) mass is 267 g/mol. The summed E-state index contributed by atoms with van der Waals surface area (Å²) in [5.41, 5.74) is 2.11. The van der Waals surface area contributed by atoms with Crippen LogP contribution >= 0.6 is 12.4 Å². The Morgan fingerprint density at radius 1 is 1.39 bits per heavy atom. The van der Waals surface area contributed by atoms with Crippen molar-refractivity contribution in [2.75, 3.05) is 13.1 Å². The van der Waals surface area contributed by atoms with Gasteiger partial charge in [0.1, 0.15) is 11.5 Å². The molecular formula is C13H18ClN3O. The van der Waals surface area contributed by atoms with Gasteiger partial charge in [-0.2, -0.15) is 5.10 Å². The van der Waals surface area contributed by atoms with Gasteiger partial charge in [-0.3, -0.25) is 5.10 Å². The molecule has 0 bridgehead atoms. The van der Waals surface area contributed by atoms with Crippen molar-refractivity contribution in [3.63, 3.8) is 0 Å². The Hall–Kier alpha value is -1.26. The van der Waals surface area contributed by atoms with Crippen molar-refractivity contribution in [3.8, 4) is 11.5 Å². The van der Waals surface area contributed by atoms with Crippen LogP contribution in [0.4, 0.5) is 0 Å². The zero-order valence-corrected chi connectivity index (χ0v) is 11.2. The molecular weight excluding hydrogens is 250 g/mol. The number of H-pyrrole nitrogens is 1. The van der Waals surface area contributed by atoms with Gasteiger partial charge >= 0.3 is 0 Å². The lowest BCUT2D eigenvalue weighted by molar-refractivity contribution is 0.454. The molecule has 0 saturated carbocycles. The molecule has 0 aromatic carbocycles. The number of hydrogen-bond acceptors (Lipinski definition) is 3. The SMILES string of the molecule is Cc1ccc(-c2cc([C@H]3CCCNC3)[nH]n2)o1.Cl. The van der Waals surface area contributed by atoms with Crippen LogP contribution in [0.5, 0.6) is 0 Å². The van der Waals surface area contributed by atoms with E-state index in [1.165, 1.54) is 18.5 Å². The maximum Gasteiger partial charge on any atom is 0.154 e. The second-order valence-electron chi connectivity index (χ2n) is 4.66. The van der Waals surface area contributed by atoms with Crippen LogP contribution in [0.1, 0.15) is 30.2 Å². The highest BCUT2D eigenvalue weighted by atomic mass is 35.5. The van der Waals surface area contributed by atoms with Gasteiger partial charge in [0.15, 0.2) is 5.76 Å². The lowest BCUT2D eigenvalue weighted by atomic mass is 9.96. The minimum Gasteiger partial charge on any atom is -0.460 e. The van der Waals surface area contributed by atoms with Gasteiger partial charge in [0.2, 0.25) is 0 Å². The van der Waals surface area contributed by atoms with Gasteiger partial charge in [-0.15, -0.1) is 12.4 Å². The fourth-order valence-corrected chi connectivity index (χ4v) is 2.36. The van der Waals surface area contributed by atoms with Crippen molar-refractivity contribution in [1.29, 1.82) is 0 Å². The van der Waals surface area contributed by atoms with Crippen molar-refractivity contribution in [2.45, 2.75) is 25.7 Å². The quantitative estimate of drug-likeness (QED) is 0.880. The first-order chi connectivity index (χ1) is 8.33. The summed E-state index contributed by atoms with van der Waals surface area (Å²) in [5.74, 6) is 2.32. The largest absolute Gasteiger partial charge is 0.460 e. The molecule has 2 N–H and O–H groups in total. The molecule has 0 spiro atoms. The Kier molecular flexibility index (Phi) is 4.09. The summed E-state index contributed by atoms with van der Waals surface area (Å²) in [6.07, 6.45) is 2.46. The number of nitrogens with one attached hydrogen (secondary N) is 2. The molecule has 0 amide bonds. The minimum atomic E-state index is 0. The Labute approximate surface area is 113 Å². The summed E-state index contributed by atoms with van der Waals surface area (Å²) < 4.78 is 5.57. The normalized spacial score (nSPS) is 19.5. The number of hydrogen-bond donors (Lipinski definition) is 2.